The highest BCUT2D eigenvalue weighted by atomic mass is 32.1. The molecule has 1 saturated heterocycles. The molecule has 1 aliphatic rings. The number of pyridine rings is 1. The Bertz CT molecular complexity index is 1070. The topological polar surface area (TPSA) is 33.4 Å². The first-order chi connectivity index (χ1) is 15.2. The Morgan fingerprint density at radius 2 is 2.10 bits per heavy atom. The monoisotopic (exact) mass is 434 g/mol. The number of aromatic nitrogens is 2. The Balaban J connectivity index is 1.60. The maximum absolute atomic E-state index is 4.65. The maximum atomic E-state index is 4.65. The second-order valence-corrected chi connectivity index (χ2v) is 9.46. The molecule has 0 aromatic carbocycles. The summed E-state index contributed by atoms with van der Waals surface area (Å²) >= 11 is 1.82. The zero-order chi connectivity index (χ0) is 21.6. The van der Waals surface area contributed by atoms with Gasteiger partial charge in [-0.25, -0.2) is 0 Å². The fraction of sp³-hybridized carbons (Fsp3) is 0.462. The number of hydrogen-bond donors (Lipinski definition) is 0. The van der Waals surface area contributed by atoms with Crippen LogP contribution in [0.25, 0.3) is 16.5 Å². The van der Waals surface area contributed by atoms with Crippen LogP contribution in [0, 0.1) is 6.92 Å². The maximum Gasteiger partial charge on any atom is 0.0572 e. The van der Waals surface area contributed by atoms with Crippen molar-refractivity contribution in [2.24, 2.45) is 5.10 Å². The molecule has 0 bridgehead atoms. The first kappa shape index (κ1) is 21.8. The summed E-state index contributed by atoms with van der Waals surface area (Å²) in [6.07, 6.45) is 15.7. The molecule has 1 fully saturated rings. The van der Waals surface area contributed by atoms with Crippen molar-refractivity contribution in [1.82, 2.24) is 14.6 Å². The molecule has 0 amide bonds. The molecule has 0 N–H and O–H groups in total. The van der Waals surface area contributed by atoms with Crippen molar-refractivity contribution in [3.8, 4) is 0 Å². The van der Waals surface area contributed by atoms with Crippen molar-refractivity contribution in [3.05, 3.63) is 57.7 Å². The zero-order valence-electron chi connectivity index (χ0n) is 19.1. The summed E-state index contributed by atoms with van der Waals surface area (Å²) in [6.45, 7) is 9.77. The summed E-state index contributed by atoms with van der Waals surface area (Å²) in [7, 11) is 0. The van der Waals surface area contributed by atoms with Crippen LogP contribution in [0.5, 0.6) is 0 Å². The number of thiophene rings is 1. The predicted molar refractivity (Wildman–Crippen MR) is 134 cm³/mol. The third-order valence-electron chi connectivity index (χ3n) is 6.28. The molecule has 0 spiro atoms. The molecular formula is C26H34N4S. The minimum atomic E-state index is 0.889. The highest BCUT2D eigenvalue weighted by Crippen LogP contribution is 2.34. The lowest BCUT2D eigenvalue weighted by Crippen LogP contribution is -2.11. The summed E-state index contributed by atoms with van der Waals surface area (Å²) in [5.41, 5.74) is 6.66. The van der Waals surface area contributed by atoms with E-state index in [2.05, 4.69) is 64.0 Å². The van der Waals surface area contributed by atoms with Gasteiger partial charge in [0.25, 0.3) is 0 Å². The largest absolute Gasteiger partial charge is 0.339 e. The lowest BCUT2D eigenvalue weighted by atomic mass is 9.97. The van der Waals surface area contributed by atoms with Gasteiger partial charge in [-0.15, -0.1) is 11.3 Å². The van der Waals surface area contributed by atoms with Crippen molar-refractivity contribution in [2.45, 2.75) is 65.8 Å². The van der Waals surface area contributed by atoms with Crippen LogP contribution >= 0.6 is 11.3 Å². The smallest absolute Gasteiger partial charge is 0.0572 e. The molecule has 0 radical (unpaired) electrons. The minimum Gasteiger partial charge on any atom is -0.339 e. The number of nitrogens with zero attached hydrogens (tertiary/aromatic N) is 4. The lowest BCUT2D eigenvalue weighted by molar-refractivity contribution is 0.362. The normalized spacial score (nSPS) is 15.1. The van der Waals surface area contributed by atoms with Crippen molar-refractivity contribution in [3.63, 3.8) is 0 Å². The van der Waals surface area contributed by atoms with Crippen molar-refractivity contribution in [1.29, 1.82) is 0 Å². The number of fused-ring (bicyclic) bond motifs is 1. The molecule has 0 saturated carbocycles. The van der Waals surface area contributed by atoms with E-state index in [0.717, 1.165) is 26.1 Å². The third-order valence-corrected chi connectivity index (χ3v) is 7.22. The lowest BCUT2D eigenvalue weighted by Gasteiger charge is -2.10. The van der Waals surface area contributed by atoms with Gasteiger partial charge in [-0.3, -0.25) is 9.99 Å². The average Bonchev–Trinajstić information content (AvgIpc) is 3.52. The molecule has 4 nitrogen and oxygen atoms in total. The van der Waals surface area contributed by atoms with E-state index in [-0.39, 0.29) is 0 Å². The standard InChI is InChI=1S/C26H34N4S/c1-4-6-7-10-22(5-2)26-20(3)30(25-11-12-27-17-24(25)26)18-23-15-21(19-31-23)16-28-29-13-8-9-14-29/h5,11-12,15-17,19H,4,6-10,13-14,18H2,1-3H3. The average molecular weight is 435 g/mol. The molecule has 164 valence electrons. The van der Waals surface area contributed by atoms with Gasteiger partial charge in [-0.2, -0.15) is 5.10 Å². The summed E-state index contributed by atoms with van der Waals surface area (Å²) in [6, 6.07) is 4.45. The minimum absolute atomic E-state index is 0.889. The third kappa shape index (κ3) is 4.93. The van der Waals surface area contributed by atoms with Gasteiger partial charge in [0.15, 0.2) is 0 Å². The molecular weight excluding hydrogens is 400 g/mol. The van der Waals surface area contributed by atoms with Crippen LogP contribution in [-0.4, -0.2) is 33.9 Å². The Hall–Kier alpha value is -2.40. The van der Waals surface area contributed by atoms with E-state index in [4.69, 9.17) is 0 Å². The molecule has 3 aromatic heterocycles. The summed E-state index contributed by atoms with van der Waals surface area (Å²) in [4.78, 5) is 5.81. The molecule has 0 unspecified atom stereocenters. The number of rotatable bonds is 9. The fourth-order valence-corrected chi connectivity index (χ4v) is 5.41. The van der Waals surface area contributed by atoms with Crippen LogP contribution < -0.4 is 0 Å². The second kappa shape index (κ2) is 10.3. The highest BCUT2D eigenvalue weighted by Gasteiger charge is 2.17. The van der Waals surface area contributed by atoms with Gasteiger partial charge in [0.05, 0.1) is 18.3 Å². The Kier molecular flexibility index (Phi) is 7.23. The van der Waals surface area contributed by atoms with Crippen molar-refractivity contribution >= 4 is 34.0 Å². The van der Waals surface area contributed by atoms with Gasteiger partial charge in [-0.05, 0) is 62.6 Å². The Morgan fingerprint density at radius 3 is 2.87 bits per heavy atom. The van der Waals surface area contributed by atoms with Crippen molar-refractivity contribution < 1.29 is 0 Å². The molecule has 0 aliphatic carbocycles. The number of unbranched alkanes of at least 4 members (excludes halogenated alkanes) is 2. The highest BCUT2D eigenvalue weighted by molar-refractivity contribution is 7.10. The van der Waals surface area contributed by atoms with E-state index in [1.807, 2.05) is 29.9 Å². The quantitative estimate of drug-likeness (QED) is 0.272. The molecule has 1 aliphatic heterocycles. The summed E-state index contributed by atoms with van der Waals surface area (Å²) < 4.78 is 2.46. The van der Waals surface area contributed by atoms with E-state index in [1.165, 1.54) is 70.3 Å². The van der Waals surface area contributed by atoms with E-state index < -0.39 is 0 Å². The van der Waals surface area contributed by atoms with Crippen LogP contribution in [0.15, 0.2) is 41.1 Å². The summed E-state index contributed by atoms with van der Waals surface area (Å²) in [5.74, 6) is 0. The molecule has 0 atom stereocenters. The predicted octanol–water partition coefficient (Wildman–Crippen LogP) is 6.87. The van der Waals surface area contributed by atoms with Crippen LogP contribution in [0.1, 0.15) is 74.1 Å². The first-order valence-electron chi connectivity index (χ1n) is 11.7. The molecule has 4 rings (SSSR count). The van der Waals surface area contributed by atoms with Gasteiger partial charge < -0.3 is 4.57 Å². The van der Waals surface area contributed by atoms with E-state index in [1.54, 1.807) is 0 Å². The van der Waals surface area contributed by atoms with Crippen LogP contribution in [-0.2, 0) is 6.54 Å². The zero-order valence-corrected chi connectivity index (χ0v) is 19.9. The molecule has 31 heavy (non-hydrogen) atoms. The Labute approximate surface area is 190 Å². The van der Waals surface area contributed by atoms with Crippen LogP contribution in [0.2, 0.25) is 0 Å². The van der Waals surface area contributed by atoms with Gasteiger partial charge in [0, 0.05) is 52.6 Å². The van der Waals surface area contributed by atoms with Gasteiger partial charge >= 0.3 is 0 Å². The molecule has 5 heteroatoms. The number of hydrogen-bond acceptors (Lipinski definition) is 4. The first-order valence-corrected chi connectivity index (χ1v) is 12.5. The van der Waals surface area contributed by atoms with Gasteiger partial charge in [0.2, 0.25) is 0 Å². The fourth-order valence-electron chi connectivity index (χ4n) is 4.58. The van der Waals surface area contributed by atoms with Crippen LogP contribution in [0.4, 0.5) is 0 Å². The van der Waals surface area contributed by atoms with Gasteiger partial charge in [-0.1, -0.05) is 25.8 Å². The molecule has 3 aromatic rings. The Morgan fingerprint density at radius 1 is 1.26 bits per heavy atom. The van der Waals surface area contributed by atoms with Crippen molar-refractivity contribution in [2.75, 3.05) is 13.1 Å². The second-order valence-electron chi connectivity index (χ2n) is 8.46. The SMILES string of the molecule is CC=C(CCCCC)c1c(C)n(Cc2cc(C=NN3CCCC3)cs2)c2ccncc12. The van der Waals surface area contributed by atoms with E-state index >= 15 is 0 Å². The van der Waals surface area contributed by atoms with Crippen LogP contribution in [0.3, 0.4) is 0 Å². The summed E-state index contributed by atoms with van der Waals surface area (Å²) in [5, 5.41) is 10.3. The molecule has 4 heterocycles. The van der Waals surface area contributed by atoms with Gasteiger partial charge in [0.1, 0.15) is 0 Å². The van der Waals surface area contributed by atoms with E-state index in [0.29, 0.717) is 0 Å². The number of hydrazone groups is 1. The number of allylic oxidation sites excluding steroid dienone is 2. The van der Waals surface area contributed by atoms with E-state index in [9.17, 15) is 0 Å².